The van der Waals surface area contributed by atoms with Gasteiger partial charge >= 0.3 is 5.97 Å². The number of rotatable bonds is 3. The second-order valence-electron chi connectivity index (χ2n) is 4.41. The first-order chi connectivity index (χ1) is 9.13. The van der Waals surface area contributed by atoms with Gasteiger partial charge in [-0.2, -0.15) is 0 Å². The number of carboxylic acid groups (broad SMARTS) is 1. The lowest BCUT2D eigenvalue weighted by Gasteiger charge is -2.03. The molecule has 0 atom stereocenters. The zero-order chi connectivity index (χ0) is 13.4. The van der Waals surface area contributed by atoms with Crippen molar-refractivity contribution in [2.24, 2.45) is 0 Å². The molecule has 0 aliphatic carbocycles. The van der Waals surface area contributed by atoms with E-state index in [4.69, 9.17) is 5.11 Å². The Morgan fingerprint density at radius 2 is 2.26 bits per heavy atom. The molecule has 5 heteroatoms. The molecule has 0 aliphatic heterocycles. The molecule has 0 amide bonds. The molecule has 3 rings (SSSR count). The number of hydrogen-bond acceptors (Lipinski definition) is 3. The fourth-order valence-electron chi connectivity index (χ4n) is 2.08. The van der Waals surface area contributed by atoms with E-state index >= 15 is 0 Å². The Morgan fingerprint density at radius 3 is 2.95 bits per heavy atom. The maximum Gasteiger partial charge on any atom is 0.335 e. The van der Waals surface area contributed by atoms with Crippen molar-refractivity contribution < 1.29 is 9.90 Å². The molecule has 1 N–H and O–H groups in total. The molecule has 0 spiro atoms. The quantitative estimate of drug-likeness (QED) is 0.796. The van der Waals surface area contributed by atoms with Crippen LogP contribution in [0, 0.1) is 6.92 Å². The highest BCUT2D eigenvalue weighted by atomic mass is 32.1. The fourth-order valence-corrected chi connectivity index (χ4v) is 2.85. The predicted octanol–water partition coefficient (Wildman–Crippen LogP) is 3.15. The van der Waals surface area contributed by atoms with Crippen molar-refractivity contribution in [3.05, 3.63) is 52.1 Å². The van der Waals surface area contributed by atoms with Gasteiger partial charge in [0.2, 0.25) is 0 Å². The van der Waals surface area contributed by atoms with Gasteiger partial charge in [-0.3, -0.25) is 0 Å². The smallest absolute Gasteiger partial charge is 0.335 e. The molecule has 0 bridgehead atoms. The highest BCUT2D eigenvalue weighted by molar-refractivity contribution is 7.09. The Bertz CT molecular complexity index is 758. The van der Waals surface area contributed by atoms with Gasteiger partial charge in [0.25, 0.3) is 0 Å². The summed E-state index contributed by atoms with van der Waals surface area (Å²) in [5.41, 5.74) is 2.25. The molecular weight excluding hydrogens is 260 g/mol. The summed E-state index contributed by atoms with van der Waals surface area (Å²) >= 11 is 1.62. The molecular formula is C14H12N2O2S. The van der Waals surface area contributed by atoms with Crippen LogP contribution in [0.1, 0.15) is 21.1 Å². The highest BCUT2D eigenvalue weighted by Gasteiger charge is 2.08. The first kappa shape index (κ1) is 11.9. The zero-order valence-electron chi connectivity index (χ0n) is 10.3. The van der Waals surface area contributed by atoms with E-state index in [1.165, 1.54) is 0 Å². The molecule has 0 unspecified atom stereocenters. The van der Waals surface area contributed by atoms with Crippen molar-refractivity contribution in [3.63, 3.8) is 0 Å². The number of aromatic nitrogens is 2. The topological polar surface area (TPSA) is 55.1 Å². The Hall–Kier alpha value is -2.14. The number of nitrogens with zero attached hydrogens (tertiary/aromatic N) is 2. The molecule has 2 heterocycles. The summed E-state index contributed by atoms with van der Waals surface area (Å²) in [7, 11) is 0. The minimum absolute atomic E-state index is 0.308. The van der Waals surface area contributed by atoms with Crippen molar-refractivity contribution in [2.75, 3.05) is 0 Å². The molecule has 0 saturated heterocycles. The van der Waals surface area contributed by atoms with Crippen LogP contribution in [0.5, 0.6) is 0 Å². The van der Waals surface area contributed by atoms with Crippen LogP contribution in [0.4, 0.5) is 0 Å². The van der Waals surface area contributed by atoms with Gasteiger partial charge in [-0.25, -0.2) is 9.78 Å². The lowest BCUT2D eigenvalue weighted by atomic mass is 10.2. The Kier molecular flexibility index (Phi) is 2.83. The third kappa shape index (κ3) is 2.24. The molecule has 3 aromatic rings. The monoisotopic (exact) mass is 272 g/mol. The Labute approximate surface area is 113 Å². The van der Waals surface area contributed by atoms with E-state index in [1.54, 1.807) is 23.5 Å². The number of carboxylic acids is 1. The van der Waals surface area contributed by atoms with Gasteiger partial charge in [-0.1, -0.05) is 6.07 Å². The molecule has 96 valence electrons. The van der Waals surface area contributed by atoms with Crippen LogP contribution in [-0.4, -0.2) is 20.6 Å². The van der Waals surface area contributed by atoms with E-state index in [0.717, 1.165) is 21.6 Å². The van der Waals surface area contributed by atoms with Gasteiger partial charge in [-0.05, 0) is 30.5 Å². The lowest BCUT2D eigenvalue weighted by molar-refractivity contribution is 0.0697. The van der Waals surface area contributed by atoms with E-state index in [1.807, 2.05) is 35.2 Å². The molecule has 4 nitrogen and oxygen atoms in total. The van der Waals surface area contributed by atoms with Gasteiger partial charge in [-0.15, -0.1) is 11.3 Å². The molecule has 1 aromatic carbocycles. The van der Waals surface area contributed by atoms with E-state index in [-0.39, 0.29) is 0 Å². The van der Waals surface area contributed by atoms with Crippen molar-refractivity contribution in [1.82, 2.24) is 9.55 Å². The molecule has 2 aromatic heterocycles. The average molecular weight is 272 g/mol. The highest BCUT2D eigenvalue weighted by Crippen LogP contribution is 2.20. The minimum atomic E-state index is -0.903. The van der Waals surface area contributed by atoms with Crippen molar-refractivity contribution in [3.8, 4) is 0 Å². The summed E-state index contributed by atoms with van der Waals surface area (Å²) in [4.78, 5) is 15.5. The number of thiazole rings is 1. The predicted molar refractivity (Wildman–Crippen MR) is 74.9 cm³/mol. The van der Waals surface area contributed by atoms with E-state index < -0.39 is 5.97 Å². The summed E-state index contributed by atoms with van der Waals surface area (Å²) in [6.07, 6.45) is 1.97. The van der Waals surface area contributed by atoms with Gasteiger partial charge in [0.1, 0.15) is 5.01 Å². The second kappa shape index (κ2) is 4.51. The summed E-state index contributed by atoms with van der Waals surface area (Å²) in [5.74, 6) is -0.903. The summed E-state index contributed by atoms with van der Waals surface area (Å²) in [6, 6.07) is 7.16. The van der Waals surface area contributed by atoms with Crippen LogP contribution in [0.25, 0.3) is 10.9 Å². The van der Waals surface area contributed by atoms with Crippen LogP contribution in [0.15, 0.2) is 35.8 Å². The number of hydrogen-bond donors (Lipinski definition) is 1. The molecule has 0 aliphatic rings. The number of aryl methyl sites for hydroxylation is 1. The van der Waals surface area contributed by atoms with Crippen LogP contribution in [0.3, 0.4) is 0 Å². The molecule has 0 fully saturated rings. The van der Waals surface area contributed by atoms with E-state index in [2.05, 4.69) is 4.98 Å². The van der Waals surface area contributed by atoms with Gasteiger partial charge < -0.3 is 9.67 Å². The van der Waals surface area contributed by atoms with Gasteiger partial charge in [0, 0.05) is 22.8 Å². The molecule has 0 radical (unpaired) electrons. The normalized spacial score (nSPS) is 11.0. The largest absolute Gasteiger partial charge is 0.478 e. The SMILES string of the molecule is Cc1csc(Cn2ccc3ccc(C(=O)O)cc32)n1. The minimum Gasteiger partial charge on any atom is -0.478 e. The van der Waals surface area contributed by atoms with Crippen LogP contribution in [0.2, 0.25) is 0 Å². The van der Waals surface area contributed by atoms with Gasteiger partial charge in [0.15, 0.2) is 0 Å². The number of fused-ring (bicyclic) bond motifs is 1. The first-order valence-corrected chi connectivity index (χ1v) is 6.74. The number of carbonyl (C=O) groups is 1. The fraction of sp³-hybridized carbons (Fsp3) is 0.143. The third-order valence-corrected chi connectivity index (χ3v) is 3.94. The van der Waals surface area contributed by atoms with E-state index in [9.17, 15) is 4.79 Å². The Balaban J connectivity index is 2.03. The molecule has 0 saturated carbocycles. The second-order valence-corrected chi connectivity index (χ2v) is 5.35. The average Bonchev–Trinajstić information content (AvgIpc) is 2.96. The van der Waals surface area contributed by atoms with E-state index in [0.29, 0.717) is 12.1 Å². The summed E-state index contributed by atoms with van der Waals surface area (Å²) < 4.78 is 2.03. The van der Waals surface area contributed by atoms with Crippen molar-refractivity contribution >= 4 is 28.2 Å². The van der Waals surface area contributed by atoms with Crippen LogP contribution in [-0.2, 0) is 6.54 Å². The maximum atomic E-state index is 11.0. The van der Waals surface area contributed by atoms with Gasteiger partial charge in [0.05, 0.1) is 12.1 Å². The summed E-state index contributed by atoms with van der Waals surface area (Å²) in [5, 5.41) is 13.1. The first-order valence-electron chi connectivity index (χ1n) is 5.87. The van der Waals surface area contributed by atoms with Crippen molar-refractivity contribution in [2.45, 2.75) is 13.5 Å². The van der Waals surface area contributed by atoms with Crippen LogP contribution < -0.4 is 0 Å². The van der Waals surface area contributed by atoms with Crippen molar-refractivity contribution in [1.29, 1.82) is 0 Å². The number of aromatic carboxylic acids is 1. The summed E-state index contributed by atoms with van der Waals surface area (Å²) in [6.45, 7) is 2.64. The number of benzene rings is 1. The molecule has 19 heavy (non-hydrogen) atoms. The maximum absolute atomic E-state index is 11.0. The Morgan fingerprint density at radius 1 is 1.42 bits per heavy atom. The third-order valence-electron chi connectivity index (χ3n) is 2.99. The zero-order valence-corrected chi connectivity index (χ0v) is 11.1. The standard InChI is InChI=1S/C14H12N2O2S/c1-9-8-19-13(15-9)7-16-5-4-10-2-3-11(14(17)18)6-12(10)16/h2-6,8H,7H2,1H3,(H,17,18). The lowest BCUT2D eigenvalue weighted by Crippen LogP contribution is -2.00. The van der Waals surface area contributed by atoms with Crippen LogP contribution >= 0.6 is 11.3 Å².